The summed E-state index contributed by atoms with van der Waals surface area (Å²) >= 11 is 0. The molecular weight excluding hydrogens is 252 g/mol. The molecule has 0 saturated carbocycles. The first-order valence-electron chi connectivity index (χ1n) is 5.56. The van der Waals surface area contributed by atoms with E-state index in [0.29, 0.717) is 0 Å². The van der Waals surface area contributed by atoms with E-state index in [1.165, 1.54) is 6.07 Å². The number of hydrogen-bond donors (Lipinski definition) is 3. The molecule has 0 aliphatic rings. The molecule has 0 aromatic carbocycles. The molecule has 104 valence electrons. The Balaban J connectivity index is 2.89. The summed E-state index contributed by atoms with van der Waals surface area (Å²) in [7, 11) is 0. The molecule has 7 heteroatoms. The number of pyridine rings is 1. The third kappa shape index (κ3) is 4.55. The molecule has 1 aromatic heterocycles. The molecule has 19 heavy (non-hydrogen) atoms. The van der Waals surface area contributed by atoms with Crippen LogP contribution in [0.15, 0.2) is 12.3 Å². The van der Waals surface area contributed by atoms with Crippen molar-refractivity contribution >= 4 is 17.9 Å². The second kappa shape index (κ2) is 5.66. The van der Waals surface area contributed by atoms with E-state index in [1.807, 2.05) is 0 Å². The Morgan fingerprint density at radius 2 is 2.05 bits per heavy atom. The zero-order chi connectivity index (χ0) is 14.6. The van der Waals surface area contributed by atoms with Gasteiger partial charge in [-0.05, 0) is 26.8 Å². The second-order valence-electron chi connectivity index (χ2n) is 4.82. The van der Waals surface area contributed by atoms with Crippen molar-refractivity contribution in [2.45, 2.75) is 33.0 Å². The van der Waals surface area contributed by atoms with E-state index in [2.05, 4.69) is 10.3 Å². The Bertz CT molecular complexity index is 493. The molecule has 0 unspecified atom stereocenters. The van der Waals surface area contributed by atoms with Gasteiger partial charge in [0.05, 0.1) is 12.2 Å². The first kappa shape index (κ1) is 14.9. The van der Waals surface area contributed by atoms with E-state index in [-0.39, 0.29) is 16.9 Å². The second-order valence-corrected chi connectivity index (χ2v) is 4.82. The van der Waals surface area contributed by atoms with E-state index in [9.17, 15) is 9.59 Å². The molecule has 0 fully saturated rings. The van der Waals surface area contributed by atoms with Gasteiger partial charge in [0.15, 0.2) is 0 Å². The number of aliphatic hydroxyl groups is 1. The van der Waals surface area contributed by atoms with Gasteiger partial charge in [-0.3, -0.25) is 5.32 Å². The van der Waals surface area contributed by atoms with Gasteiger partial charge in [-0.1, -0.05) is 0 Å². The van der Waals surface area contributed by atoms with Crippen LogP contribution in [-0.4, -0.2) is 32.9 Å². The van der Waals surface area contributed by atoms with Gasteiger partial charge in [0, 0.05) is 11.8 Å². The summed E-state index contributed by atoms with van der Waals surface area (Å²) < 4.78 is 5.03. The predicted molar refractivity (Wildman–Crippen MR) is 67.0 cm³/mol. The Labute approximate surface area is 110 Å². The number of aliphatic hydroxyl groups excluding tert-OH is 1. The highest BCUT2D eigenvalue weighted by molar-refractivity contribution is 5.89. The molecule has 1 heterocycles. The summed E-state index contributed by atoms with van der Waals surface area (Å²) in [5.74, 6) is -1.09. The summed E-state index contributed by atoms with van der Waals surface area (Å²) in [5, 5.41) is 20.3. The van der Waals surface area contributed by atoms with Crippen molar-refractivity contribution in [3.05, 3.63) is 23.4 Å². The standard InChI is InChI=1S/C12H16N2O5/c1-12(2,3)19-11(18)14-9-8(6-15)4-7(5-13-9)10(16)17/h4-5,15H,6H2,1-3H3,(H,16,17)(H,13,14,18). The molecule has 3 N–H and O–H groups in total. The number of ether oxygens (including phenoxy) is 1. The number of carboxylic acids is 1. The number of carbonyl (C=O) groups is 2. The lowest BCUT2D eigenvalue weighted by atomic mass is 10.2. The molecule has 1 rings (SSSR count). The molecule has 0 radical (unpaired) electrons. The highest BCUT2D eigenvalue weighted by atomic mass is 16.6. The molecule has 1 amide bonds. The van der Waals surface area contributed by atoms with Gasteiger partial charge in [0.2, 0.25) is 0 Å². The number of carbonyl (C=O) groups excluding carboxylic acids is 1. The molecule has 0 atom stereocenters. The quantitative estimate of drug-likeness (QED) is 0.768. The third-order valence-electron chi connectivity index (χ3n) is 2.00. The Morgan fingerprint density at radius 1 is 1.42 bits per heavy atom. The zero-order valence-electron chi connectivity index (χ0n) is 10.9. The lowest BCUT2D eigenvalue weighted by molar-refractivity contribution is 0.0634. The number of amides is 1. The fraction of sp³-hybridized carbons (Fsp3) is 0.417. The van der Waals surface area contributed by atoms with Crippen molar-refractivity contribution in [3.63, 3.8) is 0 Å². The van der Waals surface area contributed by atoms with Crippen molar-refractivity contribution in [1.29, 1.82) is 0 Å². The van der Waals surface area contributed by atoms with Crippen molar-refractivity contribution in [2.24, 2.45) is 0 Å². The largest absolute Gasteiger partial charge is 0.478 e. The minimum atomic E-state index is -1.16. The van der Waals surface area contributed by atoms with Crippen molar-refractivity contribution < 1.29 is 24.5 Å². The van der Waals surface area contributed by atoms with Gasteiger partial charge >= 0.3 is 12.1 Å². The molecule has 0 spiro atoms. The summed E-state index contributed by atoms with van der Waals surface area (Å²) in [6.45, 7) is 4.68. The lowest BCUT2D eigenvalue weighted by Crippen LogP contribution is -2.28. The molecular formula is C12H16N2O5. The number of carboxylic acid groups (broad SMARTS) is 1. The number of rotatable bonds is 3. The van der Waals surface area contributed by atoms with E-state index in [1.54, 1.807) is 20.8 Å². The van der Waals surface area contributed by atoms with Crippen LogP contribution in [0.25, 0.3) is 0 Å². The van der Waals surface area contributed by atoms with Gasteiger partial charge in [-0.2, -0.15) is 0 Å². The fourth-order valence-corrected chi connectivity index (χ4v) is 1.26. The highest BCUT2D eigenvalue weighted by Gasteiger charge is 2.18. The Morgan fingerprint density at radius 3 is 2.53 bits per heavy atom. The smallest absolute Gasteiger partial charge is 0.413 e. The molecule has 0 saturated heterocycles. The molecule has 1 aromatic rings. The topological polar surface area (TPSA) is 109 Å². The maximum Gasteiger partial charge on any atom is 0.413 e. The Kier molecular flexibility index (Phi) is 4.44. The van der Waals surface area contributed by atoms with Crippen LogP contribution in [0.3, 0.4) is 0 Å². The maximum atomic E-state index is 11.5. The van der Waals surface area contributed by atoms with Crippen molar-refractivity contribution in [3.8, 4) is 0 Å². The molecule has 0 bridgehead atoms. The van der Waals surface area contributed by atoms with Gasteiger partial charge in [-0.25, -0.2) is 14.6 Å². The van der Waals surface area contributed by atoms with Gasteiger partial charge in [0.25, 0.3) is 0 Å². The van der Waals surface area contributed by atoms with Crippen molar-refractivity contribution in [1.82, 2.24) is 4.98 Å². The minimum absolute atomic E-state index is 0.0706. The number of anilines is 1. The SMILES string of the molecule is CC(C)(C)OC(=O)Nc1ncc(C(=O)O)cc1CO. The molecule has 0 aliphatic carbocycles. The summed E-state index contributed by atoms with van der Waals surface area (Å²) in [6.07, 6.45) is 0.367. The van der Waals surface area contributed by atoms with Crippen LogP contribution in [0.2, 0.25) is 0 Å². The van der Waals surface area contributed by atoms with Crippen LogP contribution < -0.4 is 5.32 Å². The molecule has 7 nitrogen and oxygen atoms in total. The monoisotopic (exact) mass is 268 g/mol. The Hall–Kier alpha value is -2.15. The average molecular weight is 268 g/mol. The number of nitrogens with zero attached hydrogens (tertiary/aromatic N) is 1. The first-order chi connectivity index (χ1) is 8.73. The predicted octanol–water partition coefficient (Wildman–Crippen LogP) is 1.62. The van der Waals surface area contributed by atoms with E-state index < -0.39 is 24.3 Å². The van der Waals surface area contributed by atoms with Crippen LogP contribution in [0.1, 0.15) is 36.7 Å². The summed E-state index contributed by atoms with van der Waals surface area (Å²) in [5.41, 5.74) is -0.533. The van der Waals surface area contributed by atoms with Gasteiger partial charge < -0.3 is 14.9 Å². The third-order valence-corrected chi connectivity index (χ3v) is 2.00. The lowest BCUT2D eigenvalue weighted by Gasteiger charge is -2.20. The summed E-state index contributed by atoms with van der Waals surface area (Å²) in [6, 6.07) is 1.24. The normalized spacial score (nSPS) is 10.9. The molecule has 0 aliphatic heterocycles. The van der Waals surface area contributed by atoms with Crippen molar-refractivity contribution in [2.75, 3.05) is 5.32 Å². The van der Waals surface area contributed by atoms with Gasteiger partial charge in [0.1, 0.15) is 11.4 Å². The van der Waals surface area contributed by atoms with Crippen LogP contribution in [0, 0.1) is 0 Å². The van der Waals surface area contributed by atoms with Crippen LogP contribution in [-0.2, 0) is 11.3 Å². The van der Waals surface area contributed by atoms with Crippen LogP contribution >= 0.6 is 0 Å². The number of nitrogens with one attached hydrogen (secondary N) is 1. The van der Waals surface area contributed by atoms with E-state index in [4.69, 9.17) is 14.9 Å². The average Bonchev–Trinajstić information content (AvgIpc) is 2.26. The maximum absolute atomic E-state index is 11.5. The number of aromatic nitrogens is 1. The number of hydrogen-bond acceptors (Lipinski definition) is 5. The first-order valence-corrected chi connectivity index (χ1v) is 5.56. The van der Waals surface area contributed by atoms with E-state index in [0.717, 1.165) is 6.20 Å². The highest BCUT2D eigenvalue weighted by Crippen LogP contribution is 2.16. The van der Waals surface area contributed by atoms with Gasteiger partial charge in [-0.15, -0.1) is 0 Å². The zero-order valence-corrected chi connectivity index (χ0v) is 10.9. The number of aromatic carboxylic acids is 1. The van der Waals surface area contributed by atoms with Crippen LogP contribution in [0.5, 0.6) is 0 Å². The minimum Gasteiger partial charge on any atom is -0.478 e. The van der Waals surface area contributed by atoms with Crippen LogP contribution in [0.4, 0.5) is 10.6 Å². The summed E-state index contributed by atoms with van der Waals surface area (Å²) in [4.78, 5) is 26.1. The fourth-order valence-electron chi connectivity index (χ4n) is 1.26. The van der Waals surface area contributed by atoms with E-state index >= 15 is 0 Å².